The number of rotatable bonds is 3. The lowest BCUT2D eigenvalue weighted by atomic mass is 9.91. The number of anilines is 1. The summed E-state index contributed by atoms with van der Waals surface area (Å²) in [4.78, 5) is 15.8. The van der Waals surface area contributed by atoms with E-state index < -0.39 is 0 Å². The number of fused-ring (bicyclic) bond motifs is 1. The van der Waals surface area contributed by atoms with Gasteiger partial charge in [0.1, 0.15) is 5.82 Å². The van der Waals surface area contributed by atoms with Crippen LogP contribution >= 0.6 is 0 Å². The second-order valence-electron chi connectivity index (χ2n) is 7.34. The lowest BCUT2D eigenvalue weighted by molar-refractivity contribution is 0.316. The first kappa shape index (κ1) is 16.3. The minimum Gasteiger partial charge on any atom is -0.383 e. The molecule has 25 heavy (non-hydrogen) atoms. The number of nitrogens with two attached hydrogens (primary N) is 2. The van der Waals surface area contributed by atoms with Crippen molar-refractivity contribution in [1.29, 1.82) is 0 Å². The summed E-state index contributed by atoms with van der Waals surface area (Å²) >= 11 is 0. The first-order chi connectivity index (χ1) is 12.1. The van der Waals surface area contributed by atoms with Crippen molar-refractivity contribution >= 4 is 5.82 Å². The van der Waals surface area contributed by atoms with Gasteiger partial charge in [-0.1, -0.05) is 6.07 Å². The zero-order valence-electron chi connectivity index (χ0n) is 14.3. The van der Waals surface area contributed by atoms with Crippen molar-refractivity contribution in [2.24, 2.45) is 5.73 Å². The SMILES string of the molecule is Nc1ccn(-c2ccc3c(c2)CC(N[C@H]2CC[C@H](N)CC2)C3)c(=O)n1. The standard InChI is InChI=1S/C19H25N5O/c20-14-2-4-15(5-3-14)22-16-9-12-1-6-17(11-13(12)10-16)24-8-7-18(21)23-19(24)25/h1,6-8,11,14-16,22H,2-5,9-10,20H2,(H2,21,23,25)/t14-,15-,16?. The van der Waals surface area contributed by atoms with Crippen molar-refractivity contribution in [1.82, 2.24) is 14.9 Å². The van der Waals surface area contributed by atoms with Gasteiger partial charge in [0.2, 0.25) is 0 Å². The van der Waals surface area contributed by atoms with Gasteiger partial charge in [0.25, 0.3) is 0 Å². The number of hydrogen-bond acceptors (Lipinski definition) is 5. The predicted molar refractivity (Wildman–Crippen MR) is 98.8 cm³/mol. The van der Waals surface area contributed by atoms with Gasteiger partial charge in [-0.2, -0.15) is 4.98 Å². The van der Waals surface area contributed by atoms with Crippen LogP contribution in [-0.4, -0.2) is 27.7 Å². The van der Waals surface area contributed by atoms with Crippen LogP contribution in [0.25, 0.3) is 5.69 Å². The van der Waals surface area contributed by atoms with Crippen LogP contribution in [0.1, 0.15) is 36.8 Å². The summed E-state index contributed by atoms with van der Waals surface area (Å²) in [6, 6.07) is 9.31. The van der Waals surface area contributed by atoms with Crippen LogP contribution in [-0.2, 0) is 12.8 Å². The summed E-state index contributed by atoms with van der Waals surface area (Å²) in [5.41, 5.74) is 14.8. The highest BCUT2D eigenvalue weighted by atomic mass is 16.1. The van der Waals surface area contributed by atoms with Crippen LogP contribution in [0.3, 0.4) is 0 Å². The Balaban J connectivity index is 1.48. The van der Waals surface area contributed by atoms with Crippen LogP contribution in [0.4, 0.5) is 5.82 Å². The van der Waals surface area contributed by atoms with E-state index in [0.29, 0.717) is 18.1 Å². The fourth-order valence-electron chi connectivity index (χ4n) is 4.10. The largest absolute Gasteiger partial charge is 0.383 e. The number of hydrogen-bond donors (Lipinski definition) is 3. The Morgan fingerprint density at radius 3 is 2.56 bits per heavy atom. The third kappa shape index (κ3) is 3.45. The fraction of sp³-hybridized carbons (Fsp3) is 0.474. The molecule has 2 aliphatic rings. The Hall–Kier alpha value is -2.18. The van der Waals surface area contributed by atoms with Crippen LogP contribution in [0.5, 0.6) is 0 Å². The van der Waals surface area contributed by atoms with E-state index in [-0.39, 0.29) is 11.5 Å². The van der Waals surface area contributed by atoms with Crippen molar-refractivity contribution in [3.63, 3.8) is 0 Å². The normalized spacial score (nSPS) is 25.7. The molecule has 1 aromatic carbocycles. The minimum absolute atomic E-state index is 0.249. The van der Waals surface area contributed by atoms with Gasteiger partial charge in [-0.3, -0.25) is 4.57 Å². The van der Waals surface area contributed by atoms with Gasteiger partial charge >= 0.3 is 5.69 Å². The van der Waals surface area contributed by atoms with Gasteiger partial charge < -0.3 is 16.8 Å². The van der Waals surface area contributed by atoms with E-state index >= 15 is 0 Å². The van der Waals surface area contributed by atoms with E-state index in [4.69, 9.17) is 11.5 Å². The highest BCUT2D eigenvalue weighted by molar-refractivity contribution is 5.44. The van der Waals surface area contributed by atoms with Gasteiger partial charge in [-0.05, 0) is 67.9 Å². The van der Waals surface area contributed by atoms with Crippen molar-refractivity contribution in [2.75, 3.05) is 5.73 Å². The summed E-state index contributed by atoms with van der Waals surface area (Å²) in [5, 5.41) is 3.81. The maximum atomic E-state index is 12.0. The molecule has 1 unspecified atom stereocenters. The van der Waals surface area contributed by atoms with Crippen LogP contribution in [0.15, 0.2) is 35.3 Å². The fourth-order valence-corrected chi connectivity index (χ4v) is 4.10. The van der Waals surface area contributed by atoms with Crippen molar-refractivity contribution in [3.05, 3.63) is 52.1 Å². The van der Waals surface area contributed by atoms with E-state index in [9.17, 15) is 4.79 Å². The molecule has 0 bridgehead atoms. The summed E-state index contributed by atoms with van der Waals surface area (Å²) in [7, 11) is 0. The lowest BCUT2D eigenvalue weighted by Crippen LogP contribution is -2.43. The summed E-state index contributed by atoms with van der Waals surface area (Å²) in [5.74, 6) is 0.249. The van der Waals surface area contributed by atoms with Gasteiger partial charge in [0.15, 0.2) is 0 Å². The number of nitrogens with one attached hydrogen (secondary N) is 1. The molecule has 1 aromatic heterocycles. The molecule has 4 rings (SSSR count). The number of aromatic nitrogens is 2. The number of nitrogens with zero attached hydrogens (tertiary/aromatic N) is 2. The molecule has 2 aliphatic carbocycles. The molecule has 1 fully saturated rings. The van der Waals surface area contributed by atoms with Crippen LogP contribution in [0, 0.1) is 0 Å². The van der Waals surface area contributed by atoms with Gasteiger partial charge in [0, 0.05) is 24.3 Å². The molecule has 0 radical (unpaired) electrons. The highest BCUT2D eigenvalue weighted by Crippen LogP contribution is 2.26. The van der Waals surface area contributed by atoms with E-state index in [1.165, 1.54) is 24.0 Å². The van der Waals surface area contributed by atoms with Crippen LogP contribution < -0.4 is 22.5 Å². The highest BCUT2D eigenvalue weighted by Gasteiger charge is 2.26. The van der Waals surface area contributed by atoms with Crippen LogP contribution in [0.2, 0.25) is 0 Å². The zero-order chi connectivity index (χ0) is 17.4. The van der Waals surface area contributed by atoms with Crippen molar-refractivity contribution in [2.45, 2.75) is 56.7 Å². The molecule has 6 heteroatoms. The quantitative estimate of drug-likeness (QED) is 0.779. The molecule has 0 saturated heterocycles. The second-order valence-corrected chi connectivity index (χ2v) is 7.34. The first-order valence-corrected chi connectivity index (χ1v) is 9.07. The first-order valence-electron chi connectivity index (χ1n) is 9.07. The molecular formula is C19H25N5O. The topological polar surface area (TPSA) is 99.0 Å². The number of nitrogen functional groups attached to an aromatic ring is 1. The van der Waals surface area contributed by atoms with E-state index in [1.807, 2.05) is 6.07 Å². The minimum atomic E-state index is -0.342. The monoisotopic (exact) mass is 339 g/mol. The van der Waals surface area contributed by atoms with E-state index in [2.05, 4.69) is 22.4 Å². The molecule has 6 nitrogen and oxygen atoms in total. The molecule has 2 aromatic rings. The summed E-state index contributed by atoms with van der Waals surface area (Å²) in [6.07, 6.45) is 8.32. The van der Waals surface area contributed by atoms with Gasteiger partial charge in [-0.25, -0.2) is 4.79 Å². The Labute approximate surface area is 147 Å². The molecule has 5 N–H and O–H groups in total. The average molecular weight is 339 g/mol. The van der Waals surface area contributed by atoms with E-state index in [0.717, 1.165) is 31.4 Å². The Bertz CT molecular complexity index is 823. The third-order valence-corrected chi connectivity index (χ3v) is 5.47. The Morgan fingerprint density at radius 1 is 1.04 bits per heavy atom. The zero-order valence-corrected chi connectivity index (χ0v) is 14.3. The lowest BCUT2D eigenvalue weighted by Gasteiger charge is -2.29. The van der Waals surface area contributed by atoms with Gasteiger partial charge in [-0.15, -0.1) is 0 Å². The molecule has 0 amide bonds. The summed E-state index contributed by atoms with van der Waals surface area (Å²) < 4.78 is 1.54. The Morgan fingerprint density at radius 2 is 1.80 bits per heavy atom. The smallest absolute Gasteiger partial charge is 0.354 e. The van der Waals surface area contributed by atoms with Gasteiger partial charge in [0.05, 0.1) is 5.69 Å². The molecule has 1 atom stereocenters. The second kappa shape index (κ2) is 6.61. The molecular weight excluding hydrogens is 314 g/mol. The molecule has 132 valence electrons. The predicted octanol–water partition coefficient (Wildman–Crippen LogP) is 1.14. The average Bonchev–Trinajstić information content (AvgIpc) is 2.98. The molecule has 1 saturated carbocycles. The maximum absolute atomic E-state index is 12.0. The van der Waals surface area contributed by atoms with E-state index in [1.54, 1.807) is 16.8 Å². The Kier molecular flexibility index (Phi) is 4.31. The number of benzene rings is 1. The third-order valence-electron chi connectivity index (χ3n) is 5.47. The maximum Gasteiger partial charge on any atom is 0.354 e. The van der Waals surface area contributed by atoms with Crippen molar-refractivity contribution in [3.8, 4) is 5.69 Å². The molecule has 0 aliphatic heterocycles. The molecule has 0 spiro atoms. The summed E-state index contributed by atoms with van der Waals surface area (Å²) in [6.45, 7) is 0. The molecule has 1 heterocycles. The van der Waals surface area contributed by atoms with Crippen molar-refractivity contribution < 1.29 is 0 Å².